The van der Waals surface area contributed by atoms with Crippen molar-refractivity contribution >= 4 is 28.8 Å². The van der Waals surface area contributed by atoms with E-state index in [-0.39, 0.29) is 11.8 Å². The number of anilines is 1. The number of aromatic nitrogens is 1. The maximum atomic E-state index is 11.5. The largest absolute Gasteiger partial charge is 0.358 e. The van der Waals surface area contributed by atoms with Crippen molar-refractivity contribution < 1.29 is 9.59 Å². The van der Waals surface area contributed by atoms with E-state index in [0.29, 0.717) is 12.3 Å². The van der Waals surface area contributed by atoms with Gasteiger partial charge in [0.15, 0.2) is 0 Å². The molecule has 2 N–H and O–H groups in total. The molecule has 1 aliphatic rings. The van der Waals surface area contributed by atoms with Gasteiger partial charge >= 0.3 is 0 Å². The number of fused-ring (bicyclic) bond motifs is 1. The van der Waals surface area contributed by atoms with Crippen LogP contribution in [0.15, 0.2) is 54.6 Å². The number of likely N-dealkylation sites (tertiary alicyclic amines) is 1. The number of nitrogens with zero attached hydrogens (tertiary/aromatic N) is 1. The molecule has 0 aliphatic carbocycles. The van der Waals surface area contributed by atoms with E-state index in [2.05, 4.69) is 51.6 Å². The number of rotatable bonds is 7. The minimum Gasteiger partial charge on any atom is -0.358 e. The SMILES string of the molecule is CC(=O)Nc1ccc2[nH]c(C(CC=O)C3CCN(Cc4ccccc4)CC3)cc2c1. The molecule has 1 unspecified atom stereocenters. The van der Waals surface area contributed by atoms with Crippen molar-refractivity contribution in [2.45, 2.75) is 38.6 Å². The molecule has 3 aromatic rings. The lowest BCUT2D eigenvalue weighted by Gasteiger charge is -2.35. The van der Waals surface area contributed by atoms with Crippen LogP contribution < -0.4 is 5.32 Å². The fourth-order valence-electron chi connectivity index (χ4n) is 4.67. The molecule has 5 nitrogen and oxygen atoms in total. The number of H-pyrrole nitrogens is 1. The fraction of sp³-hybridized carbons (Fsp3) is 0.360. The van der Waals surface area contributed by atoms with Gasteiger partial charge in [-0.05, 0) is 61.7 Å². The van der Waals surface area contributed by atoms with E-state index in [9.17, 15) is 9.59 Å². The monoisotopic (exact) mass is 403 g/mol. The van der Waals surface area contributed by atoms with Gasteiger partial charge in [-0.3, -0.25) is 9.69 Å². The molecular formula is C25H29N3O2. The van der Waals surface area contributed by atoms with Crippen molar-refractivity contribution in [2.75, 3.05) is 18.4 Å². The van der Waals surface area contributed by atoms with Crippen LogP contribution in [-0.4, -0.2) is 35.2 Å². The fourth-order valence-corrected chi connectivity index (χ4v) is 4.67. The second-order valence-corrected chi connectivity index (χ2v) is 8.32. The number of hydrogen-bond acceptors (Lipinski definition) is 3. The number of carbonyl (C=O) groups is 2. The number of piperidine rings is 1. The first-order chi connectivity index (χ1) is 14.6. The van der Waals surface area contributed by atoms with Crippen molar-refractivity contribution in [3.8, 4) is 0 Å². The van der Waals surface area contributed by atoms with Gasteiger partial charge in [0.25, 0.3) is 0 Å². The average molecular weight is 404 g/mol. The Morgan fingerprint density at radius 3 is 2.63 bits per heavy atom. The molecule has 2 heterocycles. The van der Waals surface area contributed by atoms with Crippen LogP contribution in [0.2, 0.25) is 0 Å². The minimum absolute atomic E-state index is 0.0776. The van der Waals surface area contributed by atoms with Crippen LogP contribution >= 0.6 is 0 Å². The van der Waals surface area contributed by atoms with Gasteiger partial charge in [0.2, 0.25) is 5.91 Å². The zero-order valence-electron chi connectivity index (χ0n) is 17.4. The highest BCUT2D eigenvalue weighted by Crippen LogP contribution is 2.36. The predicted molar refractivity (Wildman–Crippen MR) is 120 cm³/mol. The molecule has 1 aliphatic heterocycles. The van der Waals surface area contributed by atoms with Gasteiger partial charge in [0, 0.05) is 48.1 Å². The van der Waals surface area contributed by atoms with E-state index in [1.54, 1.807) is 0 Å². The Kier molecular flexibility index (Phi) is 6.29. The van der Waals surface area contributed by atoms with Crippen LogP contribution in [-0.2, 0) is 16.1 Å². The lowest BCUT2D eigenvalue weighted by molar-refractivity contribution is -0.114. The Labute approximate surface area is 177 Å². The summed E-state index contributed by atoms with van der Waals surface area (Å²) in [4.78, 5) is 28.8. The highest BCUT2D eigenvalue weighted by atomic mass is 16.1. The molecule has 1 fully saturated rings. The smallest absolute Gasteiger partial charge is 0.221 e. The molecular weight excluding hydrogens is 374 g/mol. The maximum Gasteiger partial charge on any atom is 0.221 e. The second kappa shape index (κ2) is 9.26. The summed E-state index contributed by atoms with van der Waals surface area (Å²) in [5.41, 5.74) is 4.31. The maximum absolute atomic E-state index is 11.5. The van der Waals surface area contributed by atoms with Crippen molar-refractivity contribution in [2.24, 2.45) is 5.92 Å². The number of amides is 1. The number of aromatic amines is 1. The zero-order chi connectivity index (χ0) is 20.9. The number of hydrogen-bond donors (Lipinski definition) is 2. The summed E-state index contributed by atoms with van der Waals surface area (Å²) >= 11 is 0. The zero-order valence-corrected chi connectivity index (χ0v) is 17.4. The van der Waals surface area contributed by atoms with Crippen molar-refractivity contribution in [1.82, 2.24) is 9.88 Å². The van der Waals surface area contributed by atoms with Crippen LogP contribution in [0, 0.1) is 5.92 Å². The van der Waals surface area contributed by atoms with E-state index in [4.69, 9.17) is 0 Å². The molecule has 1 amide bonds. The van der Waals surface area contributed by atoms with Crippen LogP contribution in [0.5, 0.6) is 0 Å². The van der Waals surface area contributed by atoms with Gasteiger partial charge in [-0.25, -0.2) is 0 Å². The van der Waals surface area contributed by atoms with Crippen molar-refractivity contribution in [3.63, 3.8) is 0 Å². The molecule has 0 bridgehead atoms. The average Bonchev–Trinajstić information content (AvgIpc) is 3.16. The summed E-state index contributed by atoms with van der Waals surface area (Å²) in [5.74, 6) is 0.620. The predicted octanol–water partition coefficient (Wildman–Crippen LogP) is 4.71. The van der Waals surface area contributed by atoms with Crippen molar-refractivity contribution in [1.29, 1.82) is 0 Å². The molecule has 156 valence electrons. The number of carbonyl (C=O) groups excluding carboxylic acids is 2. The summed E-state index contributed by atoms with van der Waals surface area (Å²) in [7, 11) is 0. The van der Waals surface area contributed by atoms with Gasteiger partial charge in [-0.2, -0.15) is 0 Å². The number of benzene rings is 2. The van der Waals surface area contributed by atoms with E-state index < -0.39 is 0 Å². The Balaban J connectivity index is 1.46. The topological polar surface area (TPSA) is 65.2 Å². The summed E-state index contributed by atoms with van der Waals surface area (Å²) in [6.07, 6.45) is 3.78. The normalized spacial score (nSPS) is 16.4. The first-order valence-electron chi connectivity index (χ1n) is 10.7. The molecule has 0 spiro atoms. The lowest BCUT2D eigenvalue weighted by atomic mass is 9.80. The molecule has 1 atom stereocenters. The molecule has 2 aromatic carbocycles. The molecule has 0 saturated carbocycles. The van der Waals surface area contributed by atoms with E-state index in [0.717, 1.165) is 61.0 Å². The highest BCUT2D eigenvalue weighted by Gasteiger charge is 2.28. The molecule has 1 saturated heterocycles. The van der Waals surface area contributed by atoms with Gasteiger partial charge < -0.3 is 15.1 Å². The van der Waals surface area contributed by atoms with Gasteiger partial charge in [-0.1, -0.05) is 30.3 Å². The summed E-state index contributed by atoms with van der Waals surface area (Å²) in [6.45, 7) is 4.62. The van der Waals surface area contributed by atoms with Gasteiger partial charge in [0.1, 0.15) is 6.29 Å². The minimum atomic E-state index is -0.0776. The lowest BCUT2D eigenvalue weighted by Crippen LogP contribution is -2.35. The molecule has 4 rings (SSSR count). The van der Waals surface area contributed by atoms with Crippen LogP contribution in [0.25, 0.3) is 10.9 Å². The summed E-state index contributed by atoms with van der Waals surface area (Å²) in [5, 5.41) is 3.90. The Bertz CT molecular complexity index is 1000. The summed E-state index contributed by atoms with van der Waals surface area (Å²) in [6, 6.07) is 18.6. The van der Waals surface area contributed by atoms with E-state index >= 15 is 0 Å². The Morgan fingerprint density at radius 2 is 1.93 bits per heavy atom. The summed E-state index contributed by atoms with van der Waals surface area (Å²) < 4.78 is 0. The Hall–Kier alpha value is -2.92. The third-order valence-corrected chi connectivity index (χ3v) is 6.16. The molecule has 1 aromatic heterocycles. The molecule has 5 heteroatoms. The van der Waals surface area contributed by atoms with Gasteiger partial charge in [0.05, 0.1) is 0 Å². The third kappa shape index (κ3) is 4.79. The number of nitrogens with one attached hydrogen (secondary N) is 2. The van der Waals surface area contributed by atoms with Crippen LogP contribution in [0.1, 0.15) is 43.4 Å². The molecule has 0 radical (unpaired) electrons. The van der Waals surface area contributed by atoms with E-state index in [1.807, 2.05) is 18.2 Å². The van der Waals surface area contributed by atoms with Crippen LogP contribution in [0.3, 0.4) is 0 Å². The first kappa shape index (κ1) is 20.4. The first-order valence-corrected chi connectivity index (χ1v) is 10.7. The Morgan fingerprint density at radius 1 is 1.17 bits per heavy atom. The second-order valence-electron chi connectivity index (χ2n) is 8.32. The van der Waals surface area contributed by atoms with Gasteiger partial charge in [-0.15, -0.1) is 0 Å². The van der Waals surface area contributed by atoms with Crippen LogP contribution in [0.4, 0.5) is 5.69 Å². The quantitative estimate of drug-likeness (QED) is 0.562. The highest BCUT2D eigenvalue weighted by molar-refractivity contribution is 5.92. The third-order valence-electron chi connectivity index (χ3n) is 6.16. The van der Waals surface area contributed by atoms with Crippen molar-refractivity contribution in [3.05, 3.63) is 65.9 Å². The molecule has 30 heavy (non-hydrogen) atoms. The number of aldehydes is 1. The van der Waals surface area contributed by atoms with E-state index in [1.165, 1.54) is 12.5 Å². The standard InChI is InChI=1S/C25H29N3O2/c1-18(30)26-22-7-8-24-21(15-22)16-25(27-24)23(11-14-29)20-9-12-28(13-10-20)17-19-5-3-2-4-6-19/h2-8,14-16,20,23,27H,9-13,17H2,1H3,(H,26,30).